The van der Waals surface area contributed by atoms with Crippen molar-refractivity contribution >= 4 is 17.6 Å². The van der Waals surface area contributed by atoms with E-state index in [-0.39, 0.29) is 25.2 Å². The predicted molar refractivity (Wildman–Crippen MR) is 126 cm³/mol. The van der Waals surface area contributed by atoms with Crippen molar-refractivity contribution in [1.29, 1.82) is 0 Å². The number of rotatable bonds is 6. The van der Waals surface area contributed by atoms with Crippen LogP contribution in [-0.2, 0) is 21.7 Å². The number of carbonyl (C=O) groups is 2. The molecule has 1 aromatic carbocycles. The average Bonchev–Trinajstić information content (AvgIpc) is 3.15. The molecule has 1 fully saturated rings. The van der Waals surface area contributed by atoms with Crippen LogP contribution in [0.15, 0.2) is 48.9 Å². The fourth-order valence-corrected chi connectivity index (χ4v) is 4.94. The van der Waals surface area contributed by atoms with Gasteiger partial charge in [-0.05, 0) is 50.7 Å². The molecular formula is C26H31N3O5. The Morgan fingerprint density at radius 2 is 1.88 bits per heavy atom. The van der Waals surface area contributed by atoms with Crippen LogP contribution in [0.4, 0.5) is 4.79 Å². The molecule has 34 heavy (non-hydrogen) atoms. The third-order valence-electron chi connectivity index (χ3n) is 6.70. The van der Waals surface area contributed by atoms with Crippen molar-refractivity contribution < 1.29 is 24.2 Å². The van der Waals surface area contributed by atoms with Gasteiger partial charge in [-0.1, -0.05) is 30.3 Å². The normalized spacial score (nSPS) is 16.3. The number of amides is 1. The molecule has 180 valence electrons. The topological polar surface area (TPSA) is 93.4 Å². The van der Waals surface area contributed by atoms with Crippen molar-refractivity contribution in [1.82, 2.24) is 14.3 Å². The van der Waals surface area contributed by atoms with Gasteiger partial charge in [0.1, 0.15) is 12.2 Å². The third-order valence-corrected chi connectivity index (χ3v) is 6.70. The standard InChI is InChI=1S/C26H31N3O5/c1-4-33-24(30)22-18(2)23(29-15-12-27-16-21(22)29)26(3,32)20-10-13-28(14-11-20)25(31)34-17-19-8-6-5-7-9-19/h5-9,12,15-16,20,32H,4,10-11,13-14,17H2,1-3H3. The van der Waals surface area contributed by atoms with Gasteiger partial charge in [-0.2, -0.15) is 0 Å². The van der Waals surface area contributed by atoms with Crippen LogP contribution >= 0.6 is 0 Å². The Balaban J connectivity index is 1.50. The van der Waals surface area contributed by atoms with Crippen molar-refractivity contribution in [3.8, 4) is 0 Å². The van der Waals surface area contributed by atoms with E-state index < -0.39 is 11.6 Å². The highest BCUT2D eigenvalue weighted by Crippen LogP contribution is 2.40. The van der Waals surface area contributed by atoms with E-state index in [2.05, 4.69) is 4.98 Å². The lowest BCUT2D eigenvalue weighted by atomic mass is 9.78. The van der Waals surface area contributed by atoms with E-state index in [1.165, 1.54) is 0 Å². The summed E-state index contributed by atoms with van der Waals surface area (Å²) in [5, 5.41) is 11.8. The maximum absolute atomic E-state index is 12.7. The molecule has 8 heteroatoms. The summed E-state index contributed by atoms with van der Waals surface area (Å²) >= 11 is 0. The van der Waals surface area contributed by atoms with Crippen LogP contribution in [0, 0.1) is 12.8 Å². The second kappa shape index (κ2) is 9.85. The molecule has 4 rings (SSSR count). The maximum atomic E-state index is 12.7. The summed E-state index contributed by atoms with van der Waals surface area (Å²) in [6.45, 7) is 6.85. The summed E-state index contributed by atoms with van der Waals surface area (Å²) < 4.78 is 12.6. The van der Waals surface area contributed by atoms with Gasteiger partial charge in [-0.3, -0.25) is 4.98 Å². The molecule has 8 nitrogen and oxygen atoms in total. The van der Waals surface area contributed by atoms with E-state index in [9.17, 15) is 14.7 Å². The molecule has 1 atom stereocenters. The Kier molecular flexibility index (Phi) is 6.88. The Labute approximate surface area is 199 Å². The molecule has 1 amide bonds. The van der Waals surface area contributed by atoms with Crippen LogP contribution in [0.2, 0.25) is 0 Å². The molecule has 0 aliphatic carbocycles. The fourth-order valence-electron chi connectivity index (χ4n) is 4.94. The second-order valence-electron chi connectivity index (χ2n) is 8.85. The van der Waals surface area contributed by atoms with E-state index >= 15 is 0 Å². The number of nitrogens with zero attached hydrogens (tertiary/aromatic N) is 3. The van der Waals surface area contributed by atoms with Gasteiger partial charge >= 0.3 is 12.1 Å². The van der Waals surface area contributed by atoms with Gasteiger partial charge in [-0.25, -0.2) is 9.59 Å². The molecule has 1 unspecified atom stereocenters. The lowest BCUT2D eigenvalue weighted by molar-refractivity contribution is -0.0370. The molecule has 3 heterocycles. The number of esters is 1. The van der Waals surface area contributed by atoms with E-state index in [0.717, 1.165) is 5.56 Å². The molecule has 0 radical (unpaired) electrons. The summed E-state index contributed by atoms with van der Waals surface area (Å²) in [7, 11) is 0. The molecular weight excluding hydrogens is 434 g/mol. The van der Waals surface area contributed by atoms with Gasteiger partial charge in [0.05, 0.1) is 29.6 Å². The third kappa shape index (κ3) is 4.50. The first-order valence-corrected chi connectivity index (χ1v) is 11.6. The highest BCUT2D eigenvalue weighted by molar-refractivity contribution is 5.99. The second-order valence-corrected chi connectivity index (χ2v) is 8.85. The number of carbonyl (C=O) groups excluding carboxylic acids is 2. The van der Waals surface area contributed by atoms with Crippen molar-refractivity contribution in [3.05, 3.63) is 71.3 Å². The lowest BCUT2D eigenvalue weighted by Gasteiger charge is -2.39. The molecule has 0 bridgehead atoms. The molecule has 3 aromatic rings. The molecule has 1 aliphatic rings. The molecule has 2 aromatic heterocycles. The van der Waals surface area contributed by atoms with E-state index in [0.29, 0.717) is 48.3 Å². The van der Waals surface area contributed by atoms with Gasteiger partial charge in [0.25, 0.3) is 0 Å². The zero-order valence-electron chi connectivity index (χ0n) is 19.9. The van der Waals surface area contributed by atoms with Crippen LogP contribution in [0.3, 0.4) is 0 Å². The number of hydrogen-bond donors (Lipinski definition) is 1. The van der Waals surface area contributed by atoms with Crippen molar-refractivity contribution in [2.75, 3.05) is 19.7 Å². The molecule has 0 saturated carbocycles. The molecule has 1 N–H and O–H groups in total. The molecule has 0 spiro atoms. The van der Waals surface area contributed by atoms with Crippen LogP contribution in [0.5, 0.6) is 0 Å². The predicted octanol–water partition coefficient (Wildman–Crippen LogP) is 4.08. The van der Waals surface area contributed by atoms with E-state index in [4.69, 9.17) is 9.47 Å². The number of fused-ring (bicyclic) bond motifs is 1. The number of benzene rings is 1. The summed E-state index contributed by atoms with van der Waals surface area (Å²) in [5.74, 6) is -0.533. The Bertz CT molecular complexity index is 1160. The summed E-state index contributed by atoms with van der Waals surface area (Å²) in [6, 6.07) is 9.58. The van der Waals surface area contributed by atoms with Crippen LogP contribution in [0.25, 0.3) is 5.52 Å². The number of aliphatic hydroxyl groups is 1. The number of likely N-dealkylation sites (tertiary alicyclic amines) is 1. The van der Waals surface area contributed by atoms with Gasteiger partial charge in [0, 0.05) is 25.5 Å². The van der Waals surface area contributed by atoms with Gasteiger partial charge < -0.3 is 23.9 Å². The monoisotopic (exact) mass is 465 g/mol. The van der Waals surface area contributed by atoms with Crippen LogP contribution in [-0.4, -0.2) is 51.2 Å². The van der Waals surface area contributed by atoms with Crippen molar-refractivity contribution in [2.24, 2.45) is 5.92 Å². The van der Waals surface area contributed by atoms with E-state index in [1.54, 1.807) is 37.3 Å². The molecule has 1 saturated heterocycles. The summed E-state index contributed by atoms with van der Waals surface area (Å²) in [5.41, 5.74) is 2.08. The van der Waals surface area contributed by atoms with Gasteiger partial charge in [0.15, 0.2) is 0 Å². The average molecular weight is 466 g/mol. The minimum absolute atomic E-state index is 0.106. The summed E-state index contributed by atoms with van der Waals surface area (Å²) in [4.78, 5) is 31.1. The Morgan fingerprint density at radius 3 is 2.56 bits per heavy atom. The first-order chi connectivity index (χ1) is 16.3. The van der Waals surface area contributed by atoms with Crippen molar-refractivity contribution in [2.45, 2.75) is 45.8 Å². The highest BCUT2D eigenvalue weighted by Gasteiger charge is 2.41. The maximum Gasteiger partial charge on any atom is 0.410 e. The quantitative estimate of drug-likeness (QED) is 0.552. The van der Waals surface area contributed by atoms with Crippen molar-refractivity contribution in [3.63, 3.8) is 0 Å². The minimum Gasteiger partial charge on any atom is -0.462 e. The number of aromatic nitrogens is 2. The number of ether oxygens (including phenoxy) is 2. The Hall–Kier alpha value is -3.39. The highest BCUT2D eigenvalue weighted by atomic mass is 16.6. The smallest absolute Gasteiger partial charge is 0.410 e. The zero-order valence-corrected chi connectivity index (χ0v) is 19.9. The largest absolute Gasteiger partial charge is 0.462 e. The zero-order chi connectivity index (χ0) is 24.3. The fraction of sp³-hybridized carbons (Fsp3) is 0.423. The van der Waals surface area contributed by atoms with E-state index in [1.807, 2.05) is 41.7 Å². The SMILES string of the molecule is CCOC(=O)c1c(C)c(C(C)(O)C2CCN(C(=O)OCc3ccccc3)CC2)n2ccncc12. The first-order valence-electron chi connectivity index (χ1n) is 11.6. The van der Waals surface area contributed by atoms with Crippen LogP contribution in [0.1, 0.15) is 53.9 Å². The Morgan fingerprint density at radius 1 is 1.18 bits per heavy atom. The number of piperidine rings is 1. The lowest BCUT2D eigenvalue weighted by Crippen LogP contribution is -2.45. The van der Waals surface area contributed by atoms with Gasteiger partial charge in [0.2, 0.25) is 0 Å². The van der Waals surface area contributed by atoms with Gasteiger partial charge in [-0.15, -0.1) is 0 Å². The first kappa shape index (κ1) is 23.8. The molecule has 1 aliphatic heterocycles. The number of hydrogen-bond acceptors (Lipinski definition) is 6. The summed E-state index contributed by atoms with van der Waals surface area (Å²) in [6.07, 6.45) is 5.88. The minimum atomic E-state index is -1.22. The van der Waals surface area contributed by atoms with Crippen LogP contribution < -0.4 is 0 Å².